The molecule has 0 unspecified atom stereocenters. The Morgan fingerprint density at radius 1 is 1.16 bits per heavy atom. The maximum atomic E-state index is 12.4. The lowest BCUT2D eigenvalue weighted by atomic mass is 10.2. The van der Waals surface area contributed by atoms with E-state index in [4.69, 9.17) is 21.3 Å². The Morgan fingerprint density at radius 2 is 1.94 bits per heavy atom. The van der Waals surface area contributed by atoms with E-state index in [0.717, 1.165) is 62.5 Å². The van der Waals surface area contributed by atoms with Gasteiger partial charge in [-0.25, -0.2) is 4.98 Å². The molecule has 0 saturated carbocycles. The minimum Gasteiger partial charge on any atom is -0.482 e. The number of carbonyl (C=O) groups excluding carboxylic acids is 1. The van der Waals surface area contributed by atoms with Crippen LogP contribution in [-0.2, 0) is 17.9 Å². The maximum Gasteiger partial charge on any atom is 0.262 e. The van der Waals surface area contributed by atoms with Crippen molar-refractivity contribution in [2.45, 2.75) is 26.4 Å². The molecule has 0 spiro atoms. The number of aryl methyl sites for hydroxylation is 1. The van der Waals surface area contributed by atoms with Crippen LogP contribution in [0.25, 0.3) is 11.0 Å². The Morgan fingerprint density at radius 3 is 2.69 bits per heavy atom. The first kappa shape index (κ1) is 22.6. The van der Waals surface area contributed by atoms with Crippen molar-refractivity contribution in [3.05, 3.63) is 53.3 Å². The van der Waals surface area contributed by atoms with Gasteiger partial charge in [-0.05, 0) is 43.8 Å². The van der Waals surface area contributed by atoms with Gasteiger partial charge in [-0.1, -0.05) is 30.7 Å². The van der Waals surface area contributed by atoms with Gasteiger partial charge in [0.15, 0.2) is 6.61 Å². The Hall–Kier alpha value is -2.61. The summed E-state index contributed by atoms with van der Waals surface area (Å²) in [5, 5.41) is 3.38. The maximum absolute atomic E-state index is 12.4. The van der Waals surface area contributed by atoms with Crippen LogP contribution in [0.3, 0.4) is 0 Å². The zero-order valence-electron chi connectivity index (χ0n) is 18.7. The predicted molar refractivity (Wildman–Crippen MR) is 128 cm³/mol. The number of hydrogen-bond acceptors (Lipinski definition) is 5. The van der Waals surface area contributed by atoms with E-state index in [-0.39, 0.29) is 12.5 Å². The number of aromatic nitrogens is 2. The number of para-hydroxylation sites is 1. The van der Waals surface area contributed by atoms with Crippen LogP contribution < -0.4 is 10.1 Å². The molecule has 0 aliphatic carbocycles. The predicted octanol–water partition coefficient (Wildman–Crippen LogP) is 3.86. The van der Waals surface area contributed by atoms with E-state index in [2.05, 4.69) is 33.7 Å². The first-order chi connectivity index (χ1) is 15.5. The highest BCUT2D eigenvalue weighted by Crippen LogP contribution is 2.24. The van der Waals surface area contributed by atoms with Crippen LogP contribution in [0, 0.1) is 0 Å². The molecule has 1 fully saturated rings. The van der Waals surface area contributed by atoms with Gasteiger partial charge < -0.3 is 19.5 Å². The van der Waals surface area contributed by atoms with Crippen LogP contribution in [0.2, 0.25) is 5.02 Å². The summed E-state index contributed by atoms with van der Waals surface area (Å²) in [6, 6.07) is 13.0. The van der Waals surface area contributed by atoms with Gasteiger partial charge in [0.05, 0.1) is 22.6 Å². The van der Waals surface area contributed by atoms with Gasteiger partial charge in [-0.3, -0.25) is 9.69 Å². The summed E-state index contributed by atoms with van der Waals surface area (Å²) >= 11 is 6.08. The number of likely N-dealkylation sites (N-methyl/N-ethyl adjacent to an activating group) is 1. The fourth-order valence-corrected chi connectivity index (χ4v) is 4.15. The number of carbonyl (C=O) groups is 1. The first-order valence-electron chi connectivity index (χ1n) is 11.1. The number of fused-ring (bicyclic) bond motifs is 1. The van der Waals surface area contributed by atoms with E-state index in [9.17, 15) is 4.79 Å². The van der Waals surface area contributed by atoms with Crippen LogP contribution in [0.5, 0.6) is 5.75 Å². The number of benzene rings is 2. The molecule has 7 nitrogen and oxygen atoms in total. The van der Waals surface area contributed by atoms with E-state index in [1.165, 1.54) is 0 Å². The minimum atomic E-state index is -0.241. The third-order valence-electron chi connectivity index (χ3n) is 5.71. The largest absolute Gasteiger partial charge is 0.482 e. The average molecular weight is 456 g/mol. The molecule has 2 heterocycles. The molecule has 1 saturated heterocycles. The molecular weight excluding hydrogens is 426 g/mol. The zero-order valence-corrected chi connectivity index (χ0v) is 19.4. The number of amides is 1. The van der Waals surface area contributed by atoms with Crippen LogP contribution in [0.1, 0.15) is 19.2 Å². The van der Waals surface area contributed by atoms with Crippen molar-refractivity contribution in [2.24, 2.45) is 0 Å². The molecule has 8 heteroatoms. The molecule has 0 radical (unpaired) electrons. The van der Waals surface area contributed by atoms with Gasteiger partial charge in [0.2, 0.25) is 0 Å². The molecule has 170 valence electrons. The summed E-state index contributed by atoms with van der Waals surface area (Å²) in [6.07, 6.45) is 1.04. The Labute approximate surface area is 193 Å². The molecule has 1 N–H and O–H groups in total. The molecule has 1 aliphatic heterocycles. The third-order valence-corrected chi connectivity index (χ3v) is 6.03. The van der Waals surface area contributed by atoms with Crippen molar-refractivity contribution in [3.8, 4) is 5.75 Å². The summed E-state index contributed by atoms with van der Waals surface area (Å²) < 4.78 is 7.84. The third kappa shape index (κ3) is 5.41. The molecule has 32 heavy (non-hydrogen) atoms. The number of nitrogens with zero attached hydrogens (tertiary/aromatic N) is 4. The molecule has 1 aliphatic rings. The highest BCUT2D eigenvalue weighted by Gasteiger charge is 2.18. The van der Waals surface area contributed by atoms with E-state index in [1.807, 2.05) is 30.3 Å². The van der Waals surface area contributed by atoms with Crippen molar-refractivity contribution < 1.29 is 9.53 Å². The molecule has 4 rings (SSSR count). The number of imidazole rings is 1. The number of nitrogens with one attached hydrogen (secondary N) is 1. The highest BCUT2D eigenvalue weighted by atomic mass is 35.5. The number of ether oxygens (including phenoxy) is 1. The molecule has 1 amide bonds. The summed E-state index contributed by atoms with van der Waals surface area (Å²) in [5.41, 5.74) is 2.70. The van der Waals surface area contributed by atoms with E-state index in [0.29, 0.717) is 16.5 Å². The Balaban J connectivity index is 1.45. The average Bonchev–Trinajstić information content (AvgIpc) is 3.11. The van der Waals surface area contributed by atoms with Crippen molar-refractivity contribution in [1.29, 1.82) is 0 Å². The molecule has 1 aromatic heterocycles. The van der Waals surface area contributed by atoms with Crippen LogP contribution >= 0.6 is 11.6 Å². The molecule has 2 aromatic carbocycles. The fourth-order valence-electron chi connectivity index (χ4n) is 3.96. The van der Waals surface area contributed by atoms with Gasteiger partial charge in [0.1, 0.15) is 11.6 Å². The lowest BCUT2D eigenvalue weighted by molar-refractivity contribution is -0.118. The molecule has 3 aromatic rings. The normalized spacial score (nSPS) is 15.2. The number of rotatable bonds is 8. The van der Waals surface area contributed by atoms with Gasteiger partial charge >= 0.3 is 0 Å². The summed E-state index contributed by atoms with van der Waals surface area (Å²) in [5.74, 6) is 1.33. The second-order valence-electron chi connectivity index (χ2n) is 8.23. The van der Waals surface area contributed by atoms with Crippen molar-refractivity contribution in [3.63, 3.8) is 0 Å². The quantitative estimate of drug-likeness (QED) is 0.558. The molecule has 0 atom stereocenters. The van der Waals surface area contributed by atoms with E-state index < -0.39 is 0 Å². The van der Waals surface area contributed by atoms with Gasteiger partial charge in [0.25, 0.3) is 5.91 Å². The smallest absolute Gasteiger partial charge is 0.262 e. The van der Waals surface area contributed by atoms with Gasteiger partial charge in [-0.15, -0.1) is 0 Å². The lowest BCUT2D eigenvalue weighted by Gasteiger charge is -2.32. The van der Waals surface area contributed by atoms with Gasteiger partial charge in [-0.2, -0.15) is 0 Å². The second-order valence-corrected chi connectivity index (χ2v) is 8.64. The second kappa shape index (κ2) is 10.3. The first-order valence-corrected chi connectivity index (χ1v) is 11.5. The number of hydrogen-bond donors (Lipinski definition) is 1. The minimum absolute atomic E-state index is 0.110. The van der Waals surface area contributed by atoms with E-state index in [1.54, 1.807) is 12.1 Å². The molecule has 0 bridgehead atoms. The van der Waals surface area contributed by atoms with E-state index >= 15 is 0 Å². The number of anilines is 1. The zero-order chi connectivity index (χ0) is 22.5. The monoisotopic (exact) mass is 455 g/mol. The summed E-state index contributed by atoms with van der Waals surface area (Å²) in [7, 11) is 2.17. The van der Waals surface area contributed by atoms with Crippen LogP contribution in [0.4, 0.5) is 5.69 Å². The lowest BCUT2D eigenvalue weighted by Crippen LogP contribution is -2.44. The SMILES string of the molecule is CCCn1c(CN2CCN(C)CC2)nc2cc(NC(=O)COc3ccccc3Cl)ccc21. The highest BCUT2D eigenvalue weighted by molar-refractivity contribution is 6.32. The van der Waals surface area contributed by atoms with Crippen LogP contribution in [-0.4, -0.2) is 65.1 Å². The number of piperazine rings is 1. The fraction of sp³-hybridized carbons (Fsp3) is 0.417. The standard InChI is InChI=1S/C24H30ClN5O2/c1-3-10-30-21-9-8-18(26-24(31)17-32-22-7-5-4-6-19(22)25)15-20(21)27-23(30)16-29-13-11-28(2)12-14-29/h4-9,15H,3,10-14,16-17H2,1-2H3,(H,26,31). The summed E-state index contributed by atoms with van der Waals surface area (Å²) in [6.45, 7) is 8.12. The Kier molecular flexibility index (Phi) is 7.29. The van der Waals surface area contributed by atoms with Crippen molar-refractivity contribution >= 4 is 34.2 Å². The van der Waals surface area contributed by atoms with Crippen molar-refractivity contribution in [2.75, 3.05) is 45.2 Å². The van der Waals surface area contributed by atoms with Gasteiger partial charge in [0, 0.05) is 38.4 Å². The molecular formula is C24H30ClN5O2. The Bertz CT molecular complexity index is 1080. The number of halogens is 1. The summed E-state index contributed by atoms with van der Waals surface area (Å²) in [4.78, 5) is 22.1. The van der Waals surface area contributed by atoms with Crippen molar-refractivity contribution in [1.82, 2.24) is 19.4 Å². The topological polar surface area (TPSA) is 62.6 Å². The van der Waals surface area contributed by atoms with Crippen LogP contribution in [0.15, 0.2) is 42.5 Å².